The minimum absolute atomic E-state index is 1.13. The summed E-state index contributed by atoms with van der Waals surface area (Å²) in [6, 6.07) is 76.8. The first kappa shape index (κ1) is 31.2. The van der Waals surface area contributed by atoms with E-state index in [4.69, 9.17) is 0 Å². The lowest BCUT2D eigenvalue weighted by atomic mass is 9.96. The molecule has 0 N–H and O–H groups in total. The molecular weight excluding hydrogens is 667 g/mol. The first-order chi connectivity index (χ1) is 27.3. The summed E-state index contributed by atoms with van der Waals surface area (Å²) < 4.78 is 4.83. The number of anilines is 3. The van der Waals surface area contributed by atoms with Crippen molar-refractivity contribution in [2.75, 3.05) is 4.90 Å². The fraction of sp³-hybridized carbons (Fsp3) is 0. The Hall–Kier alpha value is -7.36. The molecule has 2 aromatic heterocycles. The van der Waals surface area contributed by atoms with Crippen molar-refractivity contribution >= 4 is 71.4 Å². The fourth-order valence-electron chi connectivity index (χ4n) is 8.67. The maximum Gasteiger partial charge on any atom is 0.0548 e. The normalized spacial score (nSPS) is 11.6. The zero-order chi connectivity index (χ0) is 36.3. The van der Waals surface area contributed by atoms with E-state index in [2.05, 4.69) is 226 Å². The minimum atomic E-state index is 1.13. The van der Waals surface area contributed by atoms with Gasteiger partial charge >= 0.3 is 0 Å². The van der Waals surface area contributed by atoms with Gasteiger partial charge in [-0.15, -0.1) is 0 Å². The molecule has 3 heteroatoms. The van der Waals surface area contributed by atoms with Gasteiger partial charge in [-0.2, -0.15) is 0 Å². The van der Waals surface area contributed by atoms with E-state index in [-0.39, 0.29) is 0 Å². The van der Waals surface area contributed by atoms with Gasteiger partial charge < -0.3 is 14.0 Å². The van der Waals surface area contributed by atoms with Crippen molar-refractivity contribution in [2.45, 2.75) is 0 Å². The molecule has 0 fully saturated rings. The molecule has 9 aromatic carbocycles. The molecule has 0 aliphatic heterocycles. The molecule has 0 spiro atoms. The molecule has 0 aliphatic carbocycles. The third kappa shape index (κ3) is 4.98. The van der Waals surface area contributed by atoms with Crippen LogP contribution in [0.5, 0.6) is 0 Å². The van der Waals surface area contributed by atoms with Crippen LogP contribution >= 0.6 is 0 Å². The second-order valence-electron chi connectivity index (χ2n) is 14.2. The Morgan fingerprint density at radius 3 is 1.27 bits per heavy atom. The van der Waals surface area contributed by atoms with Crippen LogP contribution in [-0.4, -0.2) is 9.13 Å². The van der Waals surface area contributed by atoms with Gasteiger partial charge in [-0.3, -0.25) is 0 Å². The molecule has 0 bridgehead atoms. The van der Waals surface area contributed by atoms with E-state index in [1.165, 1.54) is 71.2 Å². The summed E-state index contributed by atoms with van der Waals surface area (Å²) in [5, 5.41) is 7.42. The van der Waals surface area contributed by atoms with Gasteiger partial charge in [0.15, 0.2) is 0 Å². The Labute approximate surface area is 319 Å². The Morgan fingerprint density at radius 1 is 0.291 bits per heavy atom. The molecule has 0 amide bonds. The van der Waals surface area contributed by atoms with Crippen molar-refractivity contribution in [1.29, 1.82) is 0 Å². The van der Waals surface area contributed by atoms with Crippen LogP contribution in [0.1, 0.15) is 0 Å². The molecule has 0 radical (unpaired) electrons. The van der Waals surface area contributed by atoms with Crippen LogP contribution in [-0.2, 0) is 0 Å². The monoisotopic (exact) mass is 701 g/mol. The molecule has 11 rings (SSSR count). The first-order valence-electron chi connectivity index (χ1n) is 18.9. The van der Waals surface area contributed by atoms with Gasteiger partial charge in [0.25, 0.3) is 0 Å². The predicted molar refractivity (Wildman–Crippen MR) is 233 cm³/mol. The highest BCUT2D eigenvalue weighted by molar-refractivity contribution is 6.19. The van der Waals surface area contributed by atoms with Crippen molar-refractivity contribution < 1.29 is 0 Å². The van der Waals surface area contributed by atoms with Crippen LogP contribution in [0.2, 0.25) is 0 Å². The number of hydrogen-bond donors (Lipinski definition) is 0. The zero-order valence-electron chi connectivity index (χ0n) is 30.0. The molecule has 0 saturated heterocycles. The Balaban J connectivity index is 1.07. The minimum Gasteiger partial charge on any atom is -0.310 e. The van der Waals surface area contributed by atoms with Gasteiger partial charge in [-0.25, -0.2) is 0 Å². The van der Waals surface area contributed by atoms with Crippen molar-refractivity contribution in [3.8, 4) is 22.5 Å². The summed E-state index contributed by atoms with van der Waals surface area (Å²) in [6.07, 6.45) is 0. The zero-order valence-corrected chi connectivity index (χ0v) is 30.0. The summed E-state index contributed by atoms with van der Waals surface area (Å²) >= 11 is 0. The molecule has 0 aliphatic rings. The molecule has 0 saturated carbocycles. The average molecular weight is 702 g/mol. The highest BCUT2D eigenvalue weighted by Gasteiger charge is 2.20. The van der Waals surface area contributed by atoms with Crippen molar-refractivity contribution in [1.82, 2.24) is 9.13 Å². The summed E-state index contributed by atoms with van der Waals surface area (Å²) in [5.41, 5.74) is 12.9. The highest BCUT2D eigenvalue weighted by Crippen LogP contribution is 2.43. The van der Waals surface area contributed by atoms with Crippen molar-refractivity contribution in [2.24, 2.45) is 0 Å². The molecule has 258 valence electrons. The third-order valence-corrected chi connectivity index (χ3v) is 11.1. The van der Waals surface area contributed by atoms with Crippen LogP contribution in [0, 0.1) is 0 Å². The Kier molecular flexibility index (Phi) is 7.17. The van der Waals surface area contributed by atoms with E-state index in [9.17, 15) is 0 Å². The lowest BCUT2D eigenvalue weighted by molar-refractivity contribution is 1.17. The number of rotatable bonds is 6. The second kappa shape index (κ2) is 12.6. The van der Waals surface area contributed by atoms with Crippen molar-refractivity contribution in [3.05, 3.63) is 212 Å². The lowest BCUT2D eigenvalue weighted by Crippen LogP contribution is -2.10. The summed E-state index contributed by atoms with van der Waals surface area (Å²) in [7, 11) is 0. The summed E-state index contributed by atoms with van der Waals surface area (Å²) in [5.74, 6) is 0. The van der Waals surface area contributed by atoms with Gasteiger partial charge in [0.05, 0.1) is 27.8 Å². The van der Waals surface area contributed by atoms with E-state index in [1.807, 2.05) is 0 Å². The number of para-hydroxylation sites is 5. The van der Waals surface area contributed by atoms with Crippen LogP contribution in [0.4, 0.5) is 17.1 Å². The van der Waals surface area contributed by atoms with E-state index < -0.39 is 0 Å². The first-order valence-corrected chi connectivity index (χ1v) is 18.9. The van der Waals surface area contributed by atoms with E-state index in [1.54, 1.807) is 0 Å². The smallest absolute Gasteiger partial charge is 0.0548 e. The largest absolute Gasteiger partial charge is 0.310 e. The van der Waals surface area contributed by atoms with E-state index >= 15 is 0 Å². The van der Waals surface area contributed by atoms with Gasteiger partial charge in [-0.1, -0.05) is 133 Å². The molecule has 0 unspecified atom stereocenters. The van der Waals surface area contributed by atoms with Gasteiger partial charge in [-0.05, 0) is 95.4 Å². The van der Waals surface area contributed by atoms with Crippen molar-refractivity contribution in [3.63, 3.8) is 0 Å². The number of benzene rings is 9. The topological polar surface area (TPSA) is 13.1 Å². The number of hydrogen-bond acceptors (Lipinski definition) is 1. The molecule has 55 heavy (non-hydrogen) atoms. The quantitative estimate of drug-likeness (QED) is 0.168. The molecule has 0 atom stereocenters. The number of fused-ring (bicyclic) bond motifs is 7. The van der Waals surface area contributed by atoms with E-state index in [0.29, 0.717) is 0 Å². The lowest BCUT2D eigenvalue weighted by Gasteiger charge is -2.27. The van der Waals surface area contributed by atoms with Crippen LogP contribution in [0.25, 0.3) is 76.9 Å². The standard InChI is InChI=1S/C52H35N3/c1-4-16-37(17-5-1)53(38-18-6-2-7-19-38)50-33-32-41(42-22-10-11-23-43(42)50)36-28-30-40(31-29-36)55-49-27-15-13-25-45(49)47-34-51-46(35-52(47)55)44-24-12-14-26-48(44)54(51)39-20-8-3-9-21-39/h1-35H. The molecule has 11 aromatic rings. The predicted octanol–water partition coefficient (Wildman–Crippen LogP) is 14.2. The third-order valence-electron chi connectivity index (χ3n) is 11.1. The number of nitrogens with zero attached hydrogens (tertiary/aromatic N) is 3. The van der Waals surface area contributed by atoms with Crippen LogP contribution in [0.15, 0.2) is 212 Å². The fourth-order valence-corrected chi connectivity index (χ4v) is 8.67. The maximum absolute atomic E-state index is 2.43. The summed E-state index contributed by atoms with van der Waals surface area (Å²) in [4.78, 5) is 2.35. The molecule has 2 heterocycles. The van der Waals surface area contributed by atoms with Gasteiger partial charge in [0, 0.05) is 49.7 Å². The van der Waals surface area contributed by atoms with Crippen LogP contribution in [0.3, 0.4) is 0 Å². The maximum atomic E-state index is 2.43. The highest BCUT2D eigenvalue weighted by atomic mass is 15.1. The Morgan fingerprint density at radius 2 is 0.727 bits per heavy atom. The molecular formula is C52H35N3. The van der Waals surface area contributed by atoms with Gasteiger partial charge in [0.1, 0.15) is 0 Å². The molecule has 3 nitrogen and oxygen atoms in total. The van der Waals surface area contributed by atoms with Crippen LogP contribution < -0.4 is 4.90 Å². The SMILES string of the molecule is c1ccc(N(c2ccccc2)c2ccc(-c3ccc(-n4c5ccccc5c5cc6c(cc54)c4ccccc4n6-c4ccccc4)cc3)c3ccccc23)cc1. The Bertz CT molecular complexity index is 3140. The second-order valence-corrected chi connectivity index (χ2v) is 14.2. The van der Waals surface area contributed by atoms with Gasteiger partial charge in [0.2, 0.25) is 0 Å². The number of aromatic nitrogens is 2. The summed E-state index contributed by atoms with van der Waals surface area (Å²) in [6.45, 7) is 0. The van der Waals surface area contributed by atoms with E-state index in [0.717, 1.165) is 22.7 Å². The average Bonchev–Trinajstić information content (AvgIpc) is 3.76.